The van der Waals surface area contributed by atoms with Crippen LogP contribution in [-0.4, -0.2) is 43.7 Å². The van der Waals surface area contributed by atoms with E-state index in [0.717, 1.165) is 10.8 Å². The summed E-state index contributed by atoms with van der Waals surface area (Å²) in [7, 11) is -3.90. The molecule has 0 aliphatic heterocycles. The fourth-order valence-electron chi connectivity index (χ4n) is 2.30. The van der Waals surface area contributed by atoms with Crippen LogP contribution < -0.4 is 9.46 Å². The number of carbonyl (C=O) groups is 1. The summed E-state index contributed by atoms with van der Waals surface area (Å²) in [6.07, 6.45) is -2.11. The maximum Gasteiger partial charge on any atom is 0.421 e. The third kappa shape index (κ3) is 7.44. The summed E-state index contributed by atoms with van der Waals surface area (Å²) in [5, 5.41) is 12.1. The summed E-state index contributed by atoms with van der Waals surface area (Å²) in [5.41, 5.74) is -0.799. The van der Waals surface area contributed by atoms with Gasteiger partial charge in [-0.25, -0.2) is 17.9 Å². The normalized spacial score (nSPS) is 13.2. The molecule has 148 valence electrons. The predicted octanol–water partition coefficient (Wildman–Crippen LogP) is 2.82. The van der Waals surface area contributed by atoms with Gasteiger partial charge in [0.2, 0.25) is 10.0 Å². The first kappa shape index (κ1) is 21.0. The number of carbonyl (C=O) groups excluding carboxylic acids is 1. The molecule has 2 aromatic rings. The van der Waals surface area contributed by atoms with Crippen LogP contribution in [0, 0.1) is 0 Å². The maximum atomic E-state index is 11.9. The first-order valence-electron chi connectivity index (χ1n) is 8.57. The molecule has 0 bridgehead atoms. The van der Waals surface area contributed by atoms with E-state index in [-0.39, 0.29) is 13.0 Å². The number of fused-ring (bicyclic) bond motifs is 1. The lowest BCUT2D eigenvalue weighted by molar-refractivity contribution is 0.0569. The molecule has 0 saturated carbocycles. The van der Waals surface area contributed by atoms with Gasteiger partial charge in [-0.2, -0.15) is 0 Å². The molecular weight excluding hydrogens is 370 g/mol. The molecule has 0 aliphatic carbocycles. The minimum atomic E-state index is -3.90. The van der Waals surface area contributed by atoms with Crippen molar-refractivity contribution in [3.05, 3.63) is 42.5 Å². The molecule has 1 atom stereocenters. The molecule has 2 aromatic carbocycles. The largest absolute Gasteiger partial charge is 0.491 e. The van der Waals surface area contributed by atoms with Gasteiger partial charge in [-0.15, -0.1) is 0 Å². The number of hydrogen-bond acceptors (Lipinski definition) is 6. The monoisotopic (exact) mass is 395 g/mol. The van der Waals surface area contributed by atoms with Crippen LogP contribution >= 0.6 is 0 Å². The van der Waals surface area contributed by atoms with Crippen molar-refractivity contribution < 1.29 is 27.8 Å². The molecule has 0 saturated heterocycles. The lowest BCUT2D eigenvalue weighted by Crippen LogP contribution is -2.38. The highest BCUT2D eigenvalue weighted by Gasteiger charge is 2.22. The number of rotatable bonds is 7. The molecule has 0 radical (unpaired) electrons. The lowest BCUT2D eigenvalue weighted by Gasteiger charge is -2.19. The Morgan fingerprint density at radius 1 is 1.15 bits per heavy atom. The van der Waals surface area contributed by atoms with E-state index in [0.29, 0.717) is 5.75 Å². The Morgan fingerprint density at radius 2 is 1.81 bits per heavy atom. The predicted molar refractivity (Wildman–Crippen MR) is 103 cm³/mol. The molecule has 27 heavy (non-hydrogen) atoms. The Morgan fingerprint density at radius 3 is 2.48 bits per heavy atom. The Balaban J connectivity index is 1.80. The summed E-state index contributed by atoms with van der Waals surface area (Å²) < 4.78 is 36.0. The number of hydrogen-bond donors (Lipinski definition) is 2. The number of nitrogens with one attached hydrogen (secondary N) is 1. The smallest absolute Gasteiger partial charge is 0.421 e. The maximum absolute atomic E-state index is 11.9. The molecule has 7 nitrogen and oxygen atoms in total. The van der Waals surface area contributed by atoms with Crippen molar-refractivity contribution in [3.8, 4) is 5.75 Å². The van der Waals surface area contributed by atoms with Gasteiger partial charge in [0.1, 0.15) is 18.0 Å². The van der Waals surface area contributed by atoms with Gasteiger partial charge in [0, 0.05) is 0 Å². The topological polar surface area (TPSA) is 102 Å². The van der Waals surface area contributed by atoms with E-state index in [1.54, 1.807) is 26.8 Å². The summed E-state index contributed by atoms with van der Waals surface area (Å²) in [6, 6.07) is 13.3. The van der Waals surface area contributed by atoms with Crippen LogP contribution in [0.4, 0.5) is 4.79 Å². The van der Waals surface area contributed by atoms with Crippen molar-refractivity contribution in [2.75, 3.05) is 12.4 Å². The van der Waals surface area contributed by atoms with Crippen molar-refractivity contribution in [1.29, 1.82) is 0 Å². The first-order chi connectivity index (χ1) is 12.5. The molecule has 0 fully saturated rings. The van der Waals surface area contributed by atoms with E-state index in [9.17, 15) is 18.3 Å². The standard InChI is InChI=1S/C19H25NO6S/c1-19(2,3)26-18(22)20-27(23,24)11-10-16(21)13-25-17-9-8-14-6-4-5-7-15(14)12-17/h4-9,12,16,21H,10-11,13H2,1-3H3,(H,20,22). The number of aliphatic hydroxyl groups excluding tert-OH is 1. The van der Waals surface area contributed by atoms with E-state index in [4.69, 9.17) is 9.47 Å². The Hall–Kier alpha value is -2.32. The second kappa shape index (κ2) is 8.58. The molecule has 2 rings (SSSR count). The summed E-state index contributed by atoms with van der Waals surface area (Å²) in [4.78, 5) is 11.5. The molecule has 2 N–H and O–H groups in total. The summed E-state index contributed by atoms with van der Waals surface area (Å²) in [6.45, 7) is 4.84. The van der Waals surface area contributed by atoms with Crippen LogP contribution in [0.1, 0.15) is 27.2 Å². The average Bonchev–Trinajstić information content (AvgIpc) is 2.55. The average molecular weight is 395 g/mol. The van der Waals surface area contributed by atoms with Gasteiger partial charge in [0.15, 0.2) is 0 Å². The van der Waals surface area contributed by atoms with Gasteiger partial charge < -0.3 is 14.6 Å². The Labute approximate surface area is 159 Å². The zero-order chi connectivity index (χ0) is 20.1. The molecule has 1 amide bonds. The highest BCUT2D eigenvalue weighted by molar-refractivity contribution is 7.90. The number of amides is 1. The lowest BCUT2D eigenvalue weighted by atomic mass is 10.1. The van der Waals surface area contributed by atoms with Crippen LogP contribution in [0.3, 0.4) is 0 Å². The van der Waals surface area contributed by atoms with E-state index < -0.39 is 33.6 Å². The fraction of sp³-hybridized carbons (Fsp3) is 0.421. The van der Waals surface area contributed by atoms with Crippen LogP contribution in [0.15, 0.2) is 42.5 Å². The highest BCUT2D eigenvalue weighted by atomic mass is 32.2. The second-order valence-electron chi connectivity index (χ2n) is 7.19. The molecule has 0 spiro atoms. The quantitative estimate of drug-likeness (QED) is 0.747. The zero-order valence-corrected chi connectivity index (χ0v) is 16.5. The fourth-order valence-corrected chi connectivity index (χ4v) is 3.28. The van der Waals surface area contributed by atoms with Crippen molar-refractivity contribution in [1.82, 2.24) is 4.72 Å². The number of aliphatic hydroxyl groups is 1. The van der Waals surface area contributed by atoms with Gasteiger partial charge >= 0.3 is 6.09 Å². The SMILES string of the molecule is CC(C)(C)OC(=O)NS(=O)(=O)CCC(O)COc1ccc2ccccc2c1. The number of sulfonamides is 1. The van der Waals surface area contributed by atoms with Crippen LogP contribution in [0.5, 0.6) is 5.75 Å². The minimum absolute atomic E-state index is 0.0553. The van der Waals surface area contributed by atoms with Crippen LogP contribution in [-0.2, 0) is 14.8 Å². The third-order valence-electron chi connectivity index (χ3n) is 3.52. The molecule has 8 heteroatoms. The van der Waals surface area contributed by atoms with Gasteiger partial charge in [0.05, 0.1) is 11.9 Å². The van der Waals surface area contributed by atoms with Gasteiger partial charge in [-0.05, 0) is 50.1 Å². The van der Waals surface area contributed by atoms with Crippen LogP contribution in [0.25, 0.3) is 10.8 Å². The molecular formula is C19H25NO6S. The van der Waals surface area contributed by atoms with E-state index in [1.807, 2.05) is 41.1 Å². The molecule has 0 heterocycles. The van der Waals surface area contributed by atoms with Crippen LogP contribution in [0.2, 0.25) is 0 Å². The summed E-state index contributed by atoms with van der Waals surface area (Å²) in [5.74, 6) is 0.164. The molecule has 1 unspecified atom stereocenters. The molecule has 0 aliphatic rings. The number of ether oxygens (including phenoxy) is 2. The van der Waals surface area contributed by atoms with Gasteiger partial charge in [0.25, 0.3) is 0 Å². The Bertz CT molecular complexity index is 888. The number of benzene rings is 2. The van der Waals surface area contributed by atoms with Crippen molar-refractivity contribution in [2.45, 2.75) is 38.9 Å². The molecule has 0 aromatic heterocycles. The van der Waals surface area contributed by atoms with Crippen molar-refractivity contribution in [3.63, 3.8) is 0 Å². The summed E-state index contributed by atoms with van der Waals surface area (Å²) >= 11 is 0. The highest BCUT2D eigenvalue weighted by Crippen LogP contribution is 2.20. The van der Waals surface area contributed by atoms with Crippen molar-refractivity contribution >= 4 is 26.9 Å². The van der Waals surface area contributed by atoms with E-state index in [1.165, 1.54) is 0 Å². The van der Waals surface area contributed by atoms with Crippen molar-refractivity contribution in [2.24, 2.45) is 0 Å². The zero-order valence-electron chi connectivity index (χ0n) is 15.6. The Kier molecular flexibility index (Phi) is 6.67. The first-order valence-corrected chi connectivity index (χ1v) is 10.2. The third-order valence-corrected chi connectivity index (χ3v) is 4.77. The second-order valence-corrected chi connectivity index (χ2v) is 9.03. The minimum Gasteiger partial charge on any atom is -0.491 e. The van der Waals surface area contributed by atoms with Gasteiger partial charge in [-0.3, -0.25) is 0 Å². The van der Waals surface area contributed by atoms with E-state index in [2.05, 4.69) is 0 Å². The van der Waals surface area contributed by atoms with Gasteiger partial charge in [-0.1, -0.05) is 30.3 Å². The van der Waals surface area contributed by atoms with E-state index >= 15 is 0 Å².